The summed E-state index contributed by atoms with van der Waals surface area (Å²) < 4.78 is 4.94. The van der Waals surface area contributed by atoms with E-state index in [2.05, 4.69) is 210 Å². The molecule has 0 amide bonds. The average Bonchev–Trinajstić information content (AvgIpc) is 4.01. The smallest absolute Gasteiger partial charge is 0.0550 e. The van der Waals surface area contributed by atoms with Gasteiger partial charge in [0.2, 0.25) is 0 Å². The van der Waals surface area contributed by atoms with E-state index in [0.29, 0.717) is 5.92 Å². The van der Waals surface area contributed by atoms with Gasteiger partial charge in [-0.25, -0.2) is 0 Å². The lowest BCUT2D eigenvalue weighted by Gasteiger charge is -2.16. The van der Waals surface area contributed by atoms with E-state index < -0.39 is 0 Å². The summed E-state index contributed by atoms with van der Waals surface area (Å²) in [4.78, 5) is 0. The Morgan fingerprint density at radius 3 is 1.83 bits per heavy atom. The Labute approximate surface area is 337 Å². The van der Waals surface area contributed by atoms with Crippen LogP contribution in [0.4, 0.5) is 0 Å². The second-order valence-electron chi connectivity index (χ2n) is 16.1. The van der Waals surface area contributed by atoms with Gasteiger partial charge in [0.15, 0.2) is 0 Å². The Bertz CT molecular complexity index is 3400. The first-order chi connectivity index (χ1) is 28.7. The molecule has 9 aromatic carbocycles. The molecule has 0 aliphatic heterocycles. The van der Waals surface area contributed by atoms with Crippen LogP contribution in [0.2, 0.25) is 0 Å². The van der Waals surface area contributed by atoms with Gasteiger partial charge in [0.05, 0.1) is 22.1 Å². The highest BCUT2D eigenvalue weighted by Gasteiger charge is 2.29. The molecule has 1 aliphatic rings. The Balaban J connectivity index is 1.09. The number of aryl methyl sites for hydroxylation is 1. The van der Waals surface area contributed by atoms with E-state index in [1.807, 2.05) is 0 Å². The van der Waals surface area contributed by atoms with Crippen LogP contribution in [0, 0.1) is 6.92 Å². The van der Waals surface area contributed by atoms with Gasteiger partial charge < -0.3 is 9.13 Å². The molecule has 0 atom stereocenters. The number of aromatic nitrogens is 2. The molecule has 2 aromatic heterocycles. The van der Waals surface area contributed by atoms with Crippen LogP contribution in [-0.4, -0.2) is 9.13 Å². The zero-order valence-corrected chi connectivity index (χ0v) is 32.4. The monoisotopic (exact) mass is 740 g/mol. The van der Waals surface area contributed by atoms with Gasteiger partial charge >= 0.3 is 0 Å². The second-order valence-corrected chi connectivity index (χ2v) is 16.1. The van der Waals surface area contributed by atoms with Crippen molar-refractivity contribution in [1.29, 1.82) is 0 Å². The molecule has 0 unspecified atom stereocenters. The third-order valence-electron chi connectivity index (χ3n) is 12.6. The lowest BCUT2D eigenvalue weighted by Crippen LogP contribution is -1.96. The van der Waals surface area contributed by atoms with E-state index in [9.17, 15) is 0 Å². The Morgan fingerprint density at radius 2 is 0.983 bits per heavy atom. The first kappa shape index (κ1) is 33.0. The number of para-hydroxylation sites is 2. The van der Waals surface area contributed by atoms with E-state index >= 15 is 0 Å². The largest absolute Gasteiger partial charge is 0.309 e. The van der Waals surface area contributed by atoms with E-state index in [1.54, 1.807) is 0 Å². The molecule has 12 rings (SSSR count). The number of hydrogen-bond acceptors (Lipinski definition) is 0. The fraction of sp³-hybridized carbons (Fsp3) is 0.0714. The molecular formula is C56H40N2. The topological polar surface area (TPSA) is 9.86 Å². The van der Waals surface area contributed by atoms with Crippen molar-refractivity contribution in [2.24, 2.45) is 0 Å². The van der Waals surface area contributed by atoms with Gasteiger partial charge in [-0.3, -0.25) is 0 Å². The van der Waals surface area contributed by atoms with Crippen LogP contribution in [0.1, 0.15) is 29.9 Å². The highest BCUT2D eigenvalue weighted by molar-refractivity contribution is 6.24. The molecule has 0 N–H and O–H groups in total. The minimum atomic E-state index is 0.588. The molecule has 58 heavy (non-hydrogen) atoms. The highest BCUT2D eigenvalue weighted by Crippen LogP contribution is 2.50. The van der Waals surface area contributed by atoms with Crippen LogP contribution in [0.25, 0.3) is 99.1 Å². The third kappa shape index (κ3) is 5.11. The Hall–Kier alpha value is -7.16. The van der Waals surface area contributed by atoms with Crippen molar-refractivity contribution < 1.29 is 0 Å². The molecule has 2 heteroatoms. The summed E-state index contributed by atoms with van der Waals surface area (Å²) in [6.45, 7) is 2.24. The number of nitrogens with zero attached hydrogens (tertiary/aromatic N) is 2. The molecule has 0 bridgehead atoms. The number of benzene rings is 9. The molecule has 2 heterocycles. The molecule has 1 saturated carbocycles. The normalized spacial score (nSPS) is 13.1. The standard InChI is InChI=1S/C56H40N2/c1-36-14-8-9-21-44(36)46-23-13-24-48-55(46)49(38-26-27-38)35-54-56(48)47-30-28-41(34-53(47)57(54)42-18-6-3-7-19-42)40-29-31-52-50(33-40)45-22-10-11-25-51(45)58(52)43-20-12-17-39(32-43)37-15-4-2-5-16-37/h2-25,28-35,38H,26-27H2,1H3. The molecule has 0 saturated heterocycles. The summed E-state index contributed by atoms with van der Waals surface area (Å²) in [5, 5.41) is 7.89. The van der Waals surface area contributed by atoms with E-state index in [0.717, 1.165) is 5.69 Å². The van der Waals surface area contributed by atoms with Gasteiger partial charge in [-0.2, -0.15) is 0 Å². The fourth-order valence-corrected chi connectivity index (χ4v) is 9.75. The predicted octanol–water partition coefficient (Wildman–Crippen LogP) is 15.2. The summed E-state index contributed by atoms with van der Waals surface area (Å²) >= 11 is 0. The fourth-order valence-electron chi connectivity index (χ4n) is 9.75. The van der Waals surface area contributed by atoms with Gasteiger partial charge in [0.25, 0.3) is 0 Å². The third-order valence-corrected chi connectivity index (χ3v) is 12.6. The first-order valence-electron chi connectivity index (χ1n) is 20.5. The van der Waals surface area contributed by atoms with Crippen LogP contribution >= 0.6 is 0 Å². The average molecular weight is 741 g/mol. The maximum absolute atomic E-state index is 2.54. The van der Waals surface area contributed by atoms with Gasteiger partial charge in [0.1, 0.15) is 0 Å². The molecule has 11 aromatic rings. The quantitative estimate of drug-likeness (QED) is 0.161. The van der Waals surface area contributed by atoms with Crippen molar-refractivity contribution in [2.75, 3.05) is 0 Å². The van der Waals surface area contributed by atoms with Crippen molar-refractivity contribution in [3.05, 3.63) is 205 Å². The van der Waals surface area contributed by atoms with Crippen molar-refractivity contribution in [1.82, 2.24) is 9.13 Å². The van der Waals surface area contributed by atoms with Crippen molar-refractivity contribution in [3.63, 3.8) is 0 Å². The number of hydrogen-bond donors (Lipinski definition) is 0. The van der Waals surface area contributed by atoms with Crippen LogP contribution < -0.4 is 0 Å². The van der Waals surface area contributed by atoms with Gasteiger partial charge in [-0.05, 0) is 136 Å². The predicted molar refractivity (Wildman–Crippen MR) is 246 cm³/mol. The molecule has 274 valence electrons. The molecule has 0 spiro atoms. The summed E-state index contributed by atoms with van der Waals surface area (Å²) in [7, 11) is 0. The SMILES string of the molecule is Cc1ccccc1-c1cccc2c1c(C1CC1)cc1c2c2ccc(-c3ccc4c(c3)c3ccccc3n4-c3cccc(-c4ccccc4)c3)cc2n1-c1ccccc1. The van der Waals surface area contributed by atoms with Crippen molar-refractivity contribution in [3.8, 4) is 44.8 Å². The van der Waals surface area contributed by atoms with Gasteiger partial charge in [0, 0.05) is 32.9 Å². The molecular weight excluding hydrogens is 701 g/mol. The minimum absolute atomic E-state index is 0.588. The van der Waals surface area contributed by atoms with E-state index in [1.165, 1.54) is 117 Å². The van der Waals surface area contributed by atoms with Crippen LogP contribution in [0.15, 0.2) is 194 Å². The van der Waals surface area contributed by atoms with Crippen LogP contribution in [0.5, 0.6) is 0 Å². The van der Waals surface area contributed by atoms with Gasteiger partial charge in [-0.1, -0.05) is 140 Å². The molecule has 1 aliphatic carbocycles. The summed E-state index contributed by atoms with van der Waals surface area (Å²) in [6, 6.07) is 71.9. The number of rotatable bonds is 6. The second kappa shape index (κ2) is 12.9. The zero-order valence-electron chi connectivity index (χ0n) is 32.4. The number of fused-ring (bicyclic) bond motifs is 8. The highest BCUT2D eigenvalue weighted by atomic mass is 15.0. The Kier molecular flexibility index (Phi) is 7.37. The molecule has 0 radical (unpaired) electrons. The summed E-state index contributed by atoms with van der Waals surface area (Å²) in [6.07, 6.45) is 2.49. The van der Waals surface area contributed by atoms with Crippen LogP contribution in [0.3, 0.4) is 0 Å². The van der Waals surface area contributed by atoms with Crippen molar-refractivity contribution >= 4 is 54.4 Å². The van der Waals surface area contributed by atoms with Crippen LogP contribution in [-0.2, 0) is 0 Å². The maximum atomic E-state index is 2.54. The zero-order chi connectivity index (χ0) is 38.3. The summed E-state index contributed by atoms with van der Waals surface area (Å²) in [5.74, 6) is 0.588. The summed E-state index contributed by atoms with van der Waals surface area (Å²) in [5.41, 5.74) is 17.6. The molecule has 1 fully saturated rings. The Morgan fingerprint density at radius 1 is 0.362 bits per heavy atom. The minimum Gasteiger partial charge on any atom is -0.309 e. The lowest BCUT2D eigenvalue weighted by molar-refractivity contribution is 1.14. The van der Waals surface area contributed by atoms with E-state index in [4.69, 9.17) is 0 Å². The molecule has 2 nitrogen and oxygen atoms in total. The first-order valence-corrected chi connectivity index (χ1v) is 20.5. The maximum Gasteiger partial charge on any atom is 0.0550 e. The van der Waals surface area contributed by atoms with Crippen molar-refractivity contribution in [2.45, 2.75) is 25.7 Å². The lowest BCUT2D eigenvalue weighted by atomic mass is 9.89. The van der Waals surface area contributed by atoms with E-state index in [-0.39, 0.29) is 0 Å². The van der Waals surface area contributed by atoms with Gasteiger partial charge in [-0.15, -0.1) is 0 Å².